The molecule has 2 unspecified atom stereocenters. The van der Waals surface area contributed by atoms with E-state index in [0.29, 0.717) is 17.9 Å². The van der Waals surface area contributed by atoms with Crippen molar-refractivity contribution >= 4 is 16.7 Å². The van der Waals surface area contributed by atoms with Gasteiger partial charge in [-0.2, -0.15) is 5.10 Å². The molecular weight excluding hydrogens is 274 g/mol. The van der Waals surface area contributed by atoms with Crippen molar-refractivity contribution in [2.75, 3.05) is 7.05 Å². The van der Waals surface area contributed by atoms with Gasteiger partial charge in [0.15, 0.2) is 5.78 Å². The Bertz CT molecular complexity index is 706. The monoisotopic (exact) mass is 297 g/mol. The Morgan fingerprint density at radius 1 is 1.18 bits per heavy atom. The minimum absolute atomic E-state index is 0.192. The Hall–Kier alpha value is -1.68. The largest absolute Gasteiger partial charge is 0.300 e. The molecule has 0 saturated carbocycles. The molecule has 4 rings (SSSR count). The highest BCUT2D eigenvalue weighted by Crippen LogP contribution is 2.37. The van der Waals surface area contributed by atoms with Crippen molar-refractivity contribution in [1.82, 2.24) is 14.7 Å². The first-order chi connectivity index (χ1) is 10.6. The topological polar surface area (TPSA) is 38.1 Å². The van der Waals surface area contributed by atoms with Crippen LogP contribution in [0.15, 0.2) is 24.4 Å². The zero-order valence-electron chi connectivity index (χ0n) is 13.3. The van der Waals surface area contributed by atoms with Crippen LogP contribution in [0.1, 0.15) is 42.5 Å². The maximum atomic E-state index is 13.0. The lowest BCUT2D eigenvalue weighted by Crippen LogP contribution is -2.51. The standard InChI is InChI=1S/C18H23N3O/c1-20-15-4-3-5-16(20)9-14(8-15)18(22)12-6-7-13-11-19-21(2)17(13)10-12/h6-7,10-11,14-16H,3-5,8-9H2,1-2H3. The molecule has 0 aliphatic carbocycles. The predicted molar refractivity (Wildman–Crippen MR) is 87.0 cm³/mol. The van der Waals surface area contributed by atoms with E-state index in [-0.39, 0.29) is 5.92 Å². The molecule has 22 heavy (non-hydrogen) atoms. The third-order valence-electron chi connectivity index (χ3n) is 5.74. The number of fused-ring (bicyclic) bond motifs is 3. The molecule has 116 valence electrons. The zero-order chi connectivity index (χ0) is 15.3. The van der Waals surface area contributed by atoms with E-state index in [2.05, 4.69) is 17.0 Å². The highest BCUT2D eigenvalue weighted by molar-refractivity contribution is 6.00. The van der Waals surface area contributed by atoms with Gasteiger partial charge in [0.2, 0.25) is 0 Å². The minimum atomic E-state index is 0.192. The van der Waals surface area contributed by atoms with Crippen molar-refractivity contribution in [2.24, 2.45) is 13.0 Å². The molecular formula is C18H23N3O. The SMILES string of the molecule is CN1C2CCCC1CC(C(=O)c1ccc3cnn(C)c3c1)C2. The molecule has 1 aromatic carbocycles. The molecule has 2 aromatic rings. The summed E-state index contributed by atoms with van der Waals surface area (Å²) >= 11 is 0. The molecule has 2 atom stereocenters. The maximum absolute atomic E-state index is 13.0. The van der Waals surface area contributed by atoms with Gasteiger partial charge in [0.05, 0.1) is 11.7 Å². The first kappa shape index (κ1) is 13.9. The molecule has 2 saturated heterocycles. The van der Waals surface area contributed by atoms with Crippen LogP contribution in [0.25, 0.3) is 10.9 Å². The molecule has 2 aliphatic heterocycles. The average Bonchev–Trinajstić information content (AvgIpc) is 2.87. The molecule has 0 N–H and O–H groups in total. The van der Waals surface area contributed by atoms with E-state index < -0.39 is 0 Å². The van der Waals surface area contributed by atoms with Gasteiger partial charge in [-0.1, -0.05) is 18.6 Å². The summed E-state index contributed by atoms with van der Waals surface area (Å²) in [6, 6.07) is 7.20. The number of carbonyl (C=O) groups is 1. The lowest BCUT2D eigenvalue weighted by Gasteiger charge is -2.46. The van der Waals surface area contributed by atoms with E-state index in [4.69, 9.17) is 0 Å². The molecule has 4 nitrogen and oxygen atoms in total. The van der Waals surface area contributed by atoms with Crippen molar-refractivity contribution < 1.29 is 4.79 Å². The van der Waals surface area contributed by atoms with Gasteiger partial charge in [-0.15, -0.1) is 0 Å². The number of rotatable bonds is 2. The summed E-state index contributed by atoms with van der Waals surface area (Å²) in [5.74, 6) is 0.519. The fourth-order valence-corrected chi connectivity index (χ4v) is 4.36. The maximum Gasteiger partial charge on any atom is 0.166 e. The Morgan fingerprint density at radius 2 is 1.91 bits per heavy atom. The summed E-state index contributed by atoms with van der Waals surface area (Å²) in [6.07, 6.45) is 7.71. The van der Waals surface area contributed by atoms with E-state index in [1.807, 2.05) is 36.1 Å². The number of piperidine rings is 2. The Labute approximate surface area is 131 Å². The number of aromatic nitrogens is 2. The van der Waals surface area contributed by atoms with Crippen LogP contribution < -0.4 is 0 Å². The van der Waals surface area contributed by atoms with Crippen LogP contribution in [-0.2, 0) is 7.05 Å². The predicted octanol–water partition coefficient (Wildman–Crippen LogP) is 3.02. The molecule has 2 fully saturated rings. The molecule has 4 heteroatoms. The van der Waals surface area contributed by atoms with Crippen molar-refractivity contribution in [3.63, 3.8) is 0 Å². The van der Waals surface area contributed by atoms with E-state index in [1.165, 1.54) is 19.3 Å². The van der Waals surface area contributed by atoms with Crippen molar-refractivity contribution in [3.8, 4) is 0 Å². The fourth-order valence-electron chi connectivity index (χ4n) is 4.36. The smallest absolute Gasteiger partial charge is 0.166 e. The first-order valence-electron chi connectivity index (χ1n) is 8.31. The second-order valence-electron chi connectivity index (χ2n) is 6.98. The van der Waals surface area contributed by atoms with Gasteiger partial charge in [0, 0.05) is 36.0 Å². The summed E-state index contributed by atoms with van der Waals surface area (Å²) in [5, 5.41) is 5.36. The van der Waals surface area contributed by atoms with E-state index in [1.54, 1.807) is 0 Å². The number of hydrogen-bond donors (Lipinski definition) is 0. The summed E-state index contributed by atoms with van der Waals surface area (Å²) in [7, 11) is 4.16. The van der Waals surface area contributed by atoms with Gasteiger partial charge < -0.3 is 4.90 Å². The second-order valence-corrected chi connectivity index (χ2v) is 6.98. The van der Waals surface area contributed by atoms with Crippen LogP contribution in [0.4, 0.5) is 0 Å². The Balaban J connectivity index is 1.61. The Morgan fingerprint density at radius 3 is 2.64 bits per heavy atom. The first-order valence-corrected chi connectivity index (χ1v) is 8.31. The lowest BCUT2D eigenvalue weighted by molar-refractivity contribution is 0.0338. The van der Waals surface area contributed by atoms with E-state index in [0.717, 1.165) is 29.3 Å². The summed E-state index contributed by atoms with van der Waals surface area (Å²) < 4.78 is 1.84. The van der Waals surface area contributed by atoms with Gasteiger partial charge >= 0.3 is 0 Å². The number of hydrogen-bond acceptors (Lipinski definition) is 3. The molecule has 0 amide bonds. The summed E-state index contributed by atoms with van der Waals surface area (Å²) in [4.78, 5) is 15.5. The van der Waals surface area contributed by atoms with Gasteiger partial charge in [-0.3, -0.25) is 9.48 Å². The van der Waals surface area contributed by atoms with Crippen LogP contribution in [0.2, 0.25) is 0 Å². The molecule has 2 bridgehead atoms. The fraction of sp³-hybridized carbons (Fsp3) is 0.556. The van der Waals surface area contributed by atoms with Crippen LogP contribution >= 0.6 is 0 Å². The molecule has 3 heterocycles. The Kier molecular flexibility index (Phi) is 3.30. The third kappa shape index (κ3) is 2.17. The van der Waals surface area contributed by atoms with Gasteiger partial charge in [0.25, 0.3) is 0 Å². The van der Waals surface area contributed by atoms with Gasteiger partial charge in [-0.05, 0) is 38.8 Å². The lowest BCUT2D eigenvalue weighted by atomic mass is 9.76. The second kappa shape index (κ2) is 5.20. The van der Waals surface area contributed by atoms with Crippen molar-refractivity contribution in [1.29, 1.82) is 0 Å². The number of nitrogens with zero attached hydrogens (tertiary/aromatic N) is 3. The minimum Gasteiger partial charge on any atom is -0.300 e. The quantitative estimate of drug-likeness (QED) is 0.800. The van der Waals surface area contributed by atoms with Crippen molar-refractivity contribution in [3.05, 3.63) is 30.0 Å². The summed E-state index contributed by atoms with van der Waals surface area (Å²) in [6.45, 7) is 0. The normalized spacial score (nSPS) is 28.9. The number of aryl methyl sites for hydroxylation is 1. The van der Waals surface area contributed by atoms with Gasteiger partial charge in [-0.25, -0.2) is 0 Å². The molecule has 0 radical (unpaired) electrons. The number of benzene rings is 1. The number of carbonyl (C=O) groups excluding carboxylic acids is 1. The zero-order valence-corrected chi connectivity index (χ0v) is 13.3. The number of Topliss-reactive ketones (excluding diaryl/α,β-unsaturated/α-hetero) is 1. The van der Waals surface area contributed by atoms with Crippen molar-refractivity contribution in [2.45, 2.75) is 44.2 Å². The van der Waals surface area contributed by atoms with Crippen LogP contribution in [0.3, 0.4) is 0 Å². The molecule has 0 spiro atoms. The van der Waals surface area contributed by atoms with Gasteiger partial charge in [0.1, 0.15) is 0 Å². The third-order valence-corrected chi connectivity index (χ3v) is 5.74. The number of ketones is 1. The highest BCUT2D eigenvalue weighted by Gasteiger charge is 2.38. The highest BCUT2D eigenvalue weighted by atomic mass is 16.1. The molecule has 1 aromatic heterocycles. The van der Waals surface area contributed by atoms with Crippen LogP contribution in [0.5, 0.6) is 0 Å². The average molecular weight is 297 g/mol. The molecule has 2 aliphatic rings. The van der Waals surface area contributed by atoms with Crippen LogP contribution in [0, 0.1) is 5.92 Å². The van der Waals surface area contributed by atoms with E-state index in [9.17, 15) is 4.79 Å². The van der Waals surface area contributed by atoms with Crippen LogP contribution in [-0.4, -0.2) is 39.6 Å². The summed E-state index contributed by atoms with van der Waals surface area (Å²) in [5.41, 5.74) is 1.89. The van der Waals surface area contributed by atoms with E-state index >= 15 is 0 Å².